The minimum atomic E-state index is -0.823. The summed E-state index contributed by atoms with van der Waals surface area (Å²) in [5, 5.41) is 11.0. The topological polar surface area (TPSA) is 37.3 Å². The van der Waals surface area contributed by atoms with Crippen LogP contribution in [0.3, 0.4) is 0 Å². The van der Waals surface area contributed by atoms with Gasteiger partial charge in [0.25, 0.3) is 0 Å². The van der Waals surface area contributed by atoms with Gasteiger partial charge in [0.2, 0.25) is 0 Å². The van der Waals surface area contributed by atoms with E-state index in [0.29, 0.717) is 5.56 Å². The fraction of sp³-hybridized carbons (Fsp3) is 0.444. The Morgan fingerprint density at radius 2 is 2.31 bits per heavy atom. The second-order valence-corrected chi connectivity index (χ2v) is 5.86. The van der Waals surface area contributed by atoms with Crippen molar-refractivity contribution in [2.24, 2.45) is 0 Å². The molecule has 1 aromatic heterocycles. The van der Waals surface area contributed by atoms with Gasteiger partial charge in [-0.05, 0) is 45.1 Å². The van der Waals surface area contributed by atoms with Crippen LogP contribution >= 0.6 is 27.3 Å². The van der Waals surface area contributed by atoms with Crippen molar-refractivity contribution in [2.75, 3.05) is 0 Å². The van der Waals surface area contributed by atoms with Crippen LogP contribution in [0.1, 0.15) is 35.7 Å². The molecule has 2 nitrogen and oxygen atoms in total. The summed E-state index contributed by atoms with van der Waals surface area (Å²) in [5.74, 6) is -0.823. The number of thiophene rings is 1. The van der Waals surface area contributed by atoms with Crippen molar-refractivity contribution in [1.29, 1.82) is 0 Å². The van der Waals surface area contributed by atoms with Gasteiger partial charge in [-0.1, -0.05) is 6.92 Å². The molecule has 1 fully saturated rings. The molecule has 4 heteroatoms. The minimum Gasteiger partial charge on any atom is -0.478 e. The molecule has 13 heavy (non-hydrogen) atoms. The van der Waals surface area contributed by atoms with E-state index >= 15 is 0 Å². The number of carbonyl (C=O) groups is 1. The van der Waals surface area contributed by atoms with Gasteiger partial charge in [-0.15, -0.1) is 11.3 Å². The van der Waals surface area contributed by atoms with E-state index < -0.39 is 5.97 Å². The average Bonchev–Trinajstić information content (AvgIpc) is 2.63. The van der Waals surface area contributed by atoms with Crippen molar-refractivity contribution < 1.29 is 9.90 Å². The molecule has 1 heterocycles. The van der Waals surface area contributed by atoms with E-state index in [1.807, 2.05) is 5.38 Å². The first-order valence-corrected chi connectivity index (χ1v) is 5.72. The van der Waals surface area contributed by atoms with Crippen LogP contribution < -0.4 is 0 Å². The molecule has 0 radical (unpaired) electrons. The third-order valence-electron chi connectivity index (χ3n) is 2.61. The van der Waals surface area contributed by atoms with Crippen LogP contribution in [0.15, 0.2) is 9.17 Å². The van der Waals surface area contributed by atoms with Crippen molar-refractivity contribution in [3.63, 3.8) is 0 Å². The molecule has 1 aliphatic carbocycles. The van der Waals surface area contributed by atoms with Crippen molar-refractivity contribution in [3.05, 3.63) is 20.3 Å². The number of hydrogen-bond donors (Lipinski definition) is 1. The van der Waals surface area contributed by atoms with Gasteiger partial charge in [0, 0.05) is 0 Å². The summed E-state index contributed by atoms with van der Waals surface area (Å²) in [7, 11) is 0. The van der Waals surface area contributed by atoms with E-state index in [0.717, 1.165) is 22.2 Å². The first-order chi connectivity index (χ1) is 6.04. The largest absolute Gasteiger partial charge is 0.478 e. The highest BCUT2D eigenvalue weighted by Gasteiger charge is 2.42. The van der Waals surface area contributed by atoms with Crippen LogP contribution in [0.2, 0.25) is 0 Å². The number of carboxylic acid groups (broad SMARTS) is 1. The van der Waals surface area contributed by atoms with Gasteiger partial charge >= 0.3 is 5.97 Å². The maximum Gasteiger partial charge on any atom is 0.338 e. The van der Waals surface area contributed by atoms with Gasteiger partial charge in [-0.25, -0.2) is 4.79 Å². The second kappa shape index (κ2) is 2.82. The van der Waals surface area contributed by atoms with Crippen LogP contribution in [0, 0.1) is 0 Å². The first kappa shape index (κ1) is 9.21. The highest BCUT2D eigenvalue weighted by Crippen LogP contribution is 2.51. The SMILES string of the molecule is CC1(c2csc(Br)c2C(=O)O)CC1. The van der Waals surface area contributed by atoms with Crippen LogP contribution in [0.4, 0.5) is 0 Å². The molecule has 0 amide bonds. The summed E-state index contributed by atoms with van der Waals surface area (Å²) in [5.41, 5.74) is 1.60. The van der Waals surface area contributed by atoms with E-state index in [4.69, 9.17) is 5.11 Å². The van der Waals surface area contributed by atoms with Crippen LogP contribution in [0.5, 0.6) is 0 Å². The Hall–Kier alpha value is -0.350. The van der Waals surface area contributed by atoms with Crippen molar-refractivity contribution in [2.45, 2.75) is 25.2 Å². The molecule has 70 valence electrons. The minimum absolute atomic E-state index is 0.135. The van der Waals surface area contributed by atoms with E-state index in [1.165, 1.54) is 11.3 Å². The van der Waals surface area contributed by atoms with Crippen molar-refractivity contribution in [3.8, 4) is 0 Å². The summed E-state index contributed by atoms with van der Waals surface area (Å²) in [4.78, 5) is 11.0. The molecule has 0 atom stereocenters. The lowest BCUT2D eigenvalue weighted by Gasteiger charge is -2.06. The number of hydrogen-bond acceptors (Lipinski definition) is 2. The maximum atomic E-state index is 11.0. The molecule has 0 saturated heterocycles. The summed E-state index contributed by atoms with van der Waals surface area (Å²) in [6.07, 6.45) is 2.22. The second-order valence-electron chi connectivity index (χ2n) is 3.66. The predicted octanol–water partition coefficient (Wildman–Crippen LogP) is 3.26. The Kier molecular flexibility index (Phi) is 2.00. The fourth-order valence-corrected chi connectivity index (χ4v) is 3.04. The molecule has 1 aromatic rings. The van der Waals surface area contributed by atoms with Gasteiger partial charge < -0.3 is 5.11 Å². The predicted molar refractivity (Wildman–Crippen MR) is 55.6 cm³/mol. The summed E-state index contributed by atoms with van der Waals surface area (Å²) in [6, 6.07) is 0. The molecule has 0 unspecified atom stereocenters. The highest BCUT2D eigenvalue weighted by atomic mass is 79.9. The summed E-state index contributed by atoms with van der Waals surface area (Å²) in [6.45, 7) is 2.12. The number of halogens is 1. The van der Waals surface area contributed by atoms with E-state index in [1.54, 1.807) is 0 Å². The first-order valence-electron chi connectivity index (χ1n) is 4.05. The van der Waals surface area contributed by atoms with Crippen molar-refractivity contribution >= 4 is 33.2 Å². The molecule has 0 aromatic carbocycles. The lowest BCUT2D eigenvalue weighted by molar-refractivity contribution is 0.0694. The molecule has 0 bridgehead atoms. The quantitative estimate of drug-likeness (QED) is 0.887. The third kappa shape index (κ3) is 1.42. The molecule has 2 rings (SSSR count). The lowest BCUT2D eigenvalue weighted by atomic mass is 9.98. The molecular formula is C9H9BrO2S. The van der Waals surface area contributed by atoms with Gasteiger partial charge in [0.1, 0.15) is 0 Å². The standard InChI is InChI=1S/C9H9BrO2S/c1-9(2-3-9)5-4-13-7(10)6(5)8(11)12/h4H,2-3H2,1H3,(H,11,12). The Balaban J connectivity index is 2.52. The van der Waals surface area contributed by atoms with Crippen molar-refractivity contribution in [1.82, 2.24) is 0 Å². The highest BCUT2D eigenvalue weighted by molar-refractivity contribution is 9.11. The van der Waals surface area contributed by atoms with Gasteiger partial charge in [-0.3, -0.25) is 0 Å². The molecule has 1 N–H and O–H groups in total. The molecule has 0 aliphatic heterocycles. The number of rotatable bonds is 2. The third-order valence-corrected chi connectivity index (χ3v) is 4.33. The normalized spacial score (nSPS) is 18.6. The monoisotopic (exact) mass is 260 g/mol. The zero-order valence-corrected chi connectivity index (χ0v) is 9.54. The Morgan fingerprint density at radius 1 is 1.69 bits per heavy atom. The molecular weight excluding hydrogens is 252 g/mol. The zero-order valence-electron chi connectivity index (χ0n) is 7.13. The summed E-state index contributed by atoms with van der Waals surface area (Å²) < 4.78 is 0.739. The molecule has 1 saturated carbocycles. The van der Waals surface area contributed by atoms with Crippen LogP contribution in [-0.2, 0) is 5.41 Å². The fourth-order valence-electron chi connectivity index (χ4n) is 1.43. The smallest absolute Gasteiger partial charge is 0.338 e. The average molecular weight is 261 g/mol. The van der Waals surface area contributed by atoms with E-state index in [-0.39, 0.29) is 5.41 Å². The maximum absolute atomic E-state index is 11.0. The summed E-state index contributed by atoms with van der Waals surface area (Å²) >= 11 is 4.74. The lowest BCUT2D eigenvalue weighted by Crippen LogP contribution is -2.07. The Labute approximate surface area is 88.7 Å². The van der Waals surface area contributed by atoms with Crippen LogP contribution in [0.25, 0.3) is 0 Å². The van der Waals surface area contributed by atoms with E-state index in [2.05, 4.69) is 22.9 Å². The Morgan fingerprint density at radius 3 is 2.77 bits per heavy atom. The van der Waals surface area contributed by atoms with Gasteiger partial charge in [0.15, 0.2) is 0 Å². The van der Waals surface area contributed by atoms with Crippen LogP contribution in [-0.4, -0.2) is 11.1 Å². The number of aromatic carboxylic acids is 1. The van der Waals surface area contributed by atoms with E-state index in [9.17, 15) is 4.79 Å². The zero-order chi connectivity index (χ0) is 9.64. The van der Waals surface area contributed by atoms with Gasteiger partial charge in [-0.2, -0.15) is 0 Å². The number of carboxylic acids is 1. The van der Waals surface area contributed by atoms with Gasteiger partial charge in [0.05, 0.1) is 9.35 Å². The Bertz CT molecular complexity index is 366. The molecule has 0 spiro atoms. The molecule has 1 aliphatic rings.